The van der Waals surface area contributed by atoms with Gasteiger partial charge in [0.05, 0.1) is 31.0 Å². The van der Waals surface area contributed by atoms with Gasteiger partial charge in [-0.25, -0.2) is 4.98 Å². The van der Waals surface area contributed by atoms with Crippen LogP contribution < -0.4 is 5.73 Å². The van der Waals surface area contributed by atoms with E-state index in [9.17, 15) is 0 Å². The Labute approximate surface area is 106 Å². The van der Waals surface area contributed by atoms with Gasteiger partial charge >= 0.3 is 0 Å². The molecule has 0 radical (unpaired) electrons. The molecule has 1 aromatic carbocycles. The fraction of sp³-hybridized carbons (Fsp3) is 0.364. The fourth-order valence-corrected chi connectivity index (χ4v) is 2.40. The Morgan fingerprint density at radius 3 is 3.06 bits per heavy atom. The van der Waals surface area contributed by atoms with Gasteiger partial charge < -0.3 is 20.2 Å². The molecule has 1 fully saturated rings. The van der Waals surface area contributed by atoms with Gasteiger partial charge in [0, 0.05) is 4.47 Å². The van der Waals surface area contributed by atoms with Crippen LogP contribution in [0.25, 0.3) is 11.0 Å². The van der Waals surface area contributed by atoms with Crippen molar-refractivity contribution in [2.45, 2.75) is 6.10 Å². The highest BCUT2D eigenvalue weighted by molar-refractivity contribution is 9.10. The molecular weight excluding hydrogens is 286 g/mol. The zero-order valence-corrected chi connectivity index (χ0v) is 10.7. The zero-order valence-electron chi connectivity index (χ0n) is 9.07. The van der Waals surface area contributed by atoms with Gasteiger partial charge in [-0.2, -0.15) is 0 Å². The minimum absolute atomic E-state index is 0.130. The van der Waals surface area contributed by atoms with Gasteiger partial charge in [0.15, 0.2) is 0 Å². The Morgan fingerprint density at radius 1 is 1.41 bits per heavy atom. The van der Waals surface area contributed by atoms with Crippen molar-refractivity contribution in [3.63, 3.8) is 0 Å². The standard InChI is InChI=1S/C11H12BrN3O2/c12-6-3-7(13)10-8(4-6)14-11(15-10)9-5-16-1-2-17-9/h3-4,9H,1-2,5,13H2,(H,14,15). The van der Waals surface area contributed by atoms with E-state index in [-0.39, 0.29) is 6.10 Å². The van der Waals surface area contributed by atoms with Crippen molar-refractivity contribution in [1.82, 2.24) is 9.97 Å². The summed E-state index contributed by atoms with van der Waals surface area (Å²) >= 11 is 3.40. The number of H-pyrrole nitrogens is 1. The molecule has 6 heteroatoms. The maximum Gasteiger partial charge on any atom is 0.139 e. The molecular formula is C11H12BrN3O2. The summed E-state index contributed by atoms with van der Waals surface area (Å²) in [5.41, 5.74) is 8.24. The molecule has 17 heavy (non-hydrogen) atoms. The predicted octanol–water partition coefficient (Wildman–Crippen LogP) is 2.00. The second-order valence-electron chi connectivity index (χ2n) is 3.95. The summed E-state index contributed by atoms with van der Waals surface area (Å²) in [5.74, 6) is 0.768. The van der Waals surface area contributed by atoms with Crippen molar-refractivity contribution in [1.29, 1.82) is 0 Å². The van der Waals surface area contributed by atoms with Crippen LogP contribution >= 0.6 is 15.9 Å². The van der Waals surface area contributed by atoms with Crippen molar-refractivity contribution in [2.75, 3.05) is 25.6 Å². The van der Waals surface area contributed by atoms with Crippen molar-refractivity contribution in [2.24, 2.45) is 0 Å². The first kappa shape index (κ1) is 11.0. The topological polar surface area (TPSA) is 73.2 Å². The van der Waals surface area contributed by atoms with Crippen molar-refractivity contribution >= 4 is 32.7 Å². The molecule has 90 valence electrons. The van der Waals surface area contributed by atoms with E-state index >= 15 is 0 Å². The van der Waals surface area contributed by atoms with E-state index in [1.807, 2.05) is 12.1 Å². The number of anilines is 1. The maximum atomic E-state index is 5.92. The summed E-state index contributed by atoms with van der Waals surface area (Å²) in [5, 5.41) is 0. The van der Waals surface area contributed by atoms with Crippen LogP contribution in [0.1, 0.15) is 11.9 Å². The smallest absolute Gasteiger partial charge is 0.139 e. The minimum Gasteiger partial charge on any atom is -0.397 e. The van der Waals surface area contributed by atoms with Gasteiger partial charge in [-0.05, 0) is 12.1 Å². The highest BCUT2D eigenvalue weighted by Crippen LogP contribution is 2.27. The normalized spacial score (nSPS) is 20.9. The van der Waals surface area contributed by atoms with E-state index in [0.717, 1.165) is 21.3 Å². The first-order chi connectivity index (χ1) is 8.24. The van der Waals surface area contributed by atoms with E-state index in [1.54, 1.807) is 0 Å². The summed E-state index contributed by atoms with van der Waals surface area (Å²) < 4.78 is 11.9. The molecule has 2 aromatic rings. The number of hydrogen-bond donors (Lipinski definition) is 2. The average molecular weight is 298 g/mol. The van der Waals surface area contributed by atoms with Gasteiger partial charge in [-0.1, -0.05) is 15.9 Å². The second-order valence-corrected chi connectivity index (χ2v) is 4.86. The number of imidazole rings is 1. The summed E-state index contributed by atoms with van der Waals surface area (Å²) in [6, 6.07) is 3.79. The van der Waals surface area contributed by atoms with Crippen LogP contribution in [0.2, 0.25) is 0 Å². The van der Waals surface area contributed by atoms with Gasteiger partial charge in [0.25, 0.3) is 0 Å². The van der Waals surface area contributed by atoms with Gasteiger partial charge in [-0.15, -0.1) is 0 Å². The number of ether oxygens (including phenoxy) is 2. The molecule has 1 aliphatic rings. The van der Waals surface area contributed by atoms with Crippen LogP contribution in [0.3, 0.4) is 0 Å². The molecule has 1 atom stereocenters. The lowest BCUT2D eigenvalue weighted by Gasteiger charge is -2.20. The molecule has 1 saturated heterocycles. The number of hydrogen-bond acceptors (Lipinski definition) is 4. The molecule has 2 heterocycles. The molecule has 0 aliphatic carbocycles. The SMILES string of the molecule is Nc1cc(Br)cc2[nH]c(C3COCCO3)nc12. The quantitative estimate of drug-likeness (QED) is 0.790. The fourth-order valence-electron chi connectivity index (χ4n) is 1.92. The lowest BCUT2D eigenvalue weighted by Crippen LogP contribution is -2.22. The summed E-state index contributed by atoms with van der Waals surface area (Å²) in [6.45, 7) is 1.77. The zero-order chi connectivity index (χ0) is 11.8. The molecule has 1 aromatic heterocycles. The summed E-state index contributed by atoms with van der Waals surface area (Å²) in [4.78, 5) is 7.69. The Bertz CT molecular complexity index is 549. The number of nitrogen functional groups attached to an aromatic ring is 1. The monoisotopic (exact) mass is 297 g/mol. The molecule has 1 aliphatic heterocycles. The third kappa shape index (κ3) is 2.03. The van der Waals surface area contributed by atoms with Crippen molar-refractivity contribution in [3.8, 4) is 0 Å². The lowest BCUT2D eigenvalue weighted by molar-refractivity contribution is -0.0931. The molecule has 0 spiro atoms. The number of halogens is 1. The van der Waals surface area contributed by atoms with Crippen LogP contribution in [0.5, 0.6) is 0 Å². The van der Waals surface area contributed by atoms with Gasteiger partial charge in [-0.3, -0.25) is 0 Å². The number of aromatic amines is 1. The van der Waals surface area contributed by atoms with Crippen molar-refractivity contribution in [3.05, 3.63) is 22.4 Å². The Morgan fingerprint density at radius 2 is 2.29 bits per heavy atom. The molecule has 0 amide bonds. The van der Waals surface area contributed by atoms with E-state index in [1.165, 1.54) is 0 Å². The number of nitrogens with zero attached hydrogens (tertiary/aromatic N) is 1. The Kier molecular flexibility index (Phi) is 2.78. The summed E-state index contributed by atoms with van der Waals surface area (Å²) in [6.07, 6.45) is -0.130. The molecule has 0 saturated carbocycles. The third-order valence-corrected chi connectivity index (χ3v) is 3.18. The number of benzene rings is 1. The largest absolute Gasteiger partial charge is 0.397 e. The number of aromatic nitrogens is 2. The molecule has 0 bridgehead atoms. The highest BCUT2D eigenvalue weighted by Gasteiger charge is 2.20. The molecule has 3 N–H and O–H groups in total. The number of nitrogens with one attached hydrogen (secondary N) is 1. The summed E-state index contributed by atoms with van der Waals surface area (Å²) in [7, 11) is 0. The van der Waals surface area contributed by atoms with Crippen LogP contribution in [0.15, 0.2) is 16.6 Å². The van der Waals surface area contributed by atoms with Gasteiger partial charge in [0.1, 0.15) is 17.4 Å². The average Bonchev–Trinajstić information content (AvgIpc) is 2.74. The van der Waals surface area contributed by atoms with E-state index in [4.69, 9.17) is 15.2 Å². The second kappa shape index (κ2) is 4.29. The van der Waals surface area contributed by atoms with Crippen LogP contribution in [0.4, 0.5) is 5.69 Å². The maximum absolute atomic E-state index is 5.92. The first-order valence-electron chi connectivity index (χ1n) is 5.38. The number of fused-ring (bicyclic) bond motifs is 1. The Hall–Kier alpha value is -1.11. The van der Waals surface area contributed by atoms with Crippen LogP contribution in [0, 0.1) is 0 Å². The van der Waals surface area contributed by atoms with Gasteiger partial charge in [0.2, 0.25) is 0 Å². The highest BCUT2D eigenvalue weighted by atomic mass is 79.9. The molecule has 1 unspecified atom stereocenters. The third-order valence-electron chi connectivity index (χ3n) is 2.72. The van der Waals surface area contributed by atoms with E-state index in [2.05, 4.69) is 25.9 Å². The van der Waals surface area contributed by atoms with E-state index in [0.29, 0.717) is 25.5 Å². The van der Waals surface area contributed by atoms with Crippen LogP contribution in [-0.2, 0) is 9.47 Å². The van der Waals surface area contributed by atoms with Crippen molar-refractivity contribution < 1.29 is 9.47 Å². The lowest BCUT2D eigenvalue weighted by atomic mass is 10.3. The molecule has 3 rings (SSSR count). The first-order valence-corrected chi connectivity index (χ1v) is 6.17. The molecule has 5 nitrogen and oxygen atoms in total. The van der Waals surface area contributed by atoms with Crippen LogP contribution in [-0.4, -0.2) is 29.8 Å². The minimum atomic E-state index is -0.130. The predicted molar refractivity (Wildman–Crippen MR) is 67.7 cm³/mol. The number of rotatable bonds is 1. The Balaban J connectivity index is 2.03. The van der Waals surface area contributed by atoms with E-state index < -0.39 is 0 Å². The number of nitrogens with two attached hydrogens (primary N) is 1.